The topological polar surface area (TPSA) is 81.6 Å². The Labute approximate surface area is 193 Å². The normalized spacial score (nSPS) is 16.4. The highest BCUT2D eigenvalue weighted by molar-refractivity contribution is 6.02. The van der Waals surface area contributed by atoms with E-state index in [1.165, 1.54) is 18.2 Å². The molecule has 0 spiro atoms. The van der Waals surface area contributed by atoms with E-state index in [2.05, 4.69) is 10.3 Å². The Balaban J connectivity index is 1.69. The summed E-state index contributed by atoms with van der Waals surface area (Å²) >= 11 is 0. The standard InChI is InChI=1S/C24H22F3N5O2/c25-16-6-4-15(5-7-16)20-17-12-28-24(34)32(21-18(26)2-1-3-19(21)27)22(17)30-23(29-20)31-10-8-14(13-33)9-11-31/h1-7,14,33H,8-13H2,(H,28,34). The van der Waals surface area contributed by atoms with Crippen LogP contribution in [0.25, 0.3) is 11.3 Å². The molecule has 1 saturated heterocycles. The number of anilines is 3. The molecule has 1 aromatic heterocycles. The van der Waals surface area contributed by atoms with Crippen molar-refractivity contribution in [2.24, 2.45) is 5.92 Å². The van der Waals surface area contributed by atoms with Gasteiger partial charge >= 0.3 is 6.03 Å². The minimum absolute atomic E-state index is 0.0420. The van der Waals surface area contributed by atoms with Crippen LogP contribution >= 0.6 is 0 Å². The van der Waals surface area contributed by atoms with E-state index in [4.69, 9.17) is 4.98 Å². The minimum atomic E-state index is -0.907. The number of piperidine rings is 1. The van der Waals surface area contributed by atoms with Gasteiger partial charge in [-0.2, -0.15) is 4.98 Å². The highest BCUT2D eigenvalue weighted by Crippen LogP contribution is 2.39. The predicted octanol–water partition coefficient (Wildman–Crippen LogP) is 4.13. The first-order chi connectivity index (χ1) is 16.5. The molecule has 5 rings (SSSR count). The molecule has 0 radical (unpaired) electrons. The van der Waals surface area contributed by atoms with E-state index in [1.807, 2.05) is 4.90 Å². The molecule has 0 aliphatic carbocycles. The van der Waals surface area contributed by atoms with E-state index >= 15 is 0 Å². The van der Waals surface area contributed by atoms with Crippen molar-refractivity contribution in [3.05, 3.63) is 65.5 Å². The number of carbonyl (C=O) groups excluding carboxylic acids is 1. The Bertz CT molecular complexity index is 1210. The molecule has 0 atom stereocenters. The van der Waals surface area contributed by atoms with E-state index in [0.29, 0.717) is 35.9 Å². The quantitative estimate of drug-likeness (QED) is 0.601. The van der Waals surface area contributed by atoms with Crippen molar-refractivity contribution in [1.29, 1.82) is 0 Å². The Morgan fingerprint density at radius 3 is 2.32 bits per heavy atom. The van der Waals surface area contributed by atoms with Gasteiger partial charge in [-0.25, -0.2) is 27.8 Å². The first-order valence-corrected chi connectivity index (χ1v) is 11.0. The number of para-hydroxylation sites is 1. The van der Waals surface area contributed by atoms with Gasteiger partial charge < -0.3 is 15.3 Å². The molecule has 2 aromatic carbocycles. The number of nitrogens with one attached hydrogen (secondary N) is 1. The summed E-state index contributed by atoms with van der Waals surface area (Å²) < 4.78 is 43.0. The third-order valence-electron chi connectivity index (χ3n) is 6.24. The Hall–Kier alpha value is -3.66. The zero-order valence-corrected chi connectivity index (χ0v) is 18.1. The van der Waals surface area contributed by atoms with Gasteiger partial charge in [-0.1, -0.05) is 6.07 Å². The summed E-state index contributed by atoms with van der Waals surface area (Å²) in [5, 5.41) is 12.1. The average Bonchev–Trinajstić information content (AvgIpc) is 2.85. The average molecular weight is 469 g/mol. The zero-order valence-electron chi connectivity index (χ0n) is 18.1. The van der Waals surface area contributed by atoms with E-state index in [9.17, 15) is 23.1 Å². The number of nitrogens with zero attached hydrogens (tertiary/aromatic N) is 4. The van der Waals surface area contributed by atoms with E-state index in [-0.39, 0.29) is 24.9 Å². The molecule has 34 heavy (non-hydrogen) atoms. The van der Waals surface area contributed by atoms with Crippen molar-refractivity contribution in [2.75, 3.05) is 29.5 Å². The fourth-order valence-electron chi connectivity index (χ4n) is 4.36. The second-order valence-corrected chi connectivity index (χ2v) is 8.36. The van der Waals surface area contributed by atoms with Gasteiger partial charge in [-0.15, -0.1) is 0 Å². The highest BCUT2D eigenvalue weighted by atomic mass is 19.1. The lowest BCUT2D eigenvalue weighted by Gasteiger charge is -2.34. The van der Waals surface area contributed by atoms with E-state index < -0.39 is 29.2 Å². The molecule has 2 aliphatic rings. The van der Waals surface area contributed by atoms with Crippen LogP contribution < -0.4 is 15.1 Å². The summed E-state index contributed by atoms with van der Waals surface area (Å²) in [4.78, 5) is 25.0. The molecule has 2 aliphatic heterocycles. The van der Waals surface area contributed by atoms with Crippen LogP contribution in [-0.2, 0) is 6.54 Å². The molecular formula is C24H22F3N5O2. The molecule has 2 N–H and O–H groups in total. The molecule has 0 unspecified atom stereocenters. The number of rotatable bonds is 4. The van der Waals surface area contributed by atoms with E-state index in [0.717, 1.165) is 29.9 Å². The SMILES string of the molecule is O=C1NCc2c(-c3ccc(F)cc3)nc(N3CCC(CO)CC3)nc2N1c1c(F)cccc1F. The van der Waals surface area contributed by atoms with Gasteiger partial charge in [-0.05, 0) is 55.2 Å². The Morgan fingerprint density at radius 1 is 1.00 bits per heavy atom. The van der Waals surface area contributed by atoms with Gasteiger partial charge in [0, 0.05) is 30.8 Å². The number of aromatic nitrogens is 2. The number of halogens is 3. The summed E-state index contributed by atoms with van der Waals surface area (Å²) in [5.74, 6) is -1.68. The smallest absolute Gasteiger partial charge is 0.328 e. The summed E-state index contributed by atoms with van der Waals surface area (Å²) in [6.45, 7) is 1.29. The van der Waals surface area contributed by atoms with Crippen molar-refractivity contribution >= 4 is 23.5 Å². The largest absolute Gasteiger partial charge is 0.396 e. The van der Waals surface area contributed by atoms with Crippen molar-refractivity contribution in [2.45, 2.75) is 19.4 Å². The molecule has 10 heteroatoms. The number of urea groups is 1. The van der Waals surface area contributed by atoms with Crippen LogP contribution in [0.4, 0.5) is 35.4 Å². The second kappa shape index (κ2) is 8.94. The van der Waals surface area contributed by atoms with Crippen LogP contribution in [0, 0.1) is 23.4 Å². The number of hydrogen-bond acceptors (Lipinski definition) is 5. The number of benzene rings is 2. The highest BCUT2D eigenvalue weighted by Gasteiger charge is 2.35. The molecule has 7 nitrogen and oxygen atoms in total. The predicted molar refractivity (Wildman–Crippen MR) is 120 cm³/mol. The lowest BCUT2D eigenvalue weighted by Crippen LogP contribution is -2.44. The van der Waals surface area contributed by atoms with Crippen LogP contribution in [0.5, 0.6) is 0 Å². The molecule has 0 bridgehead atoms. The number of hydrogen-bond donors (Lipinski definition) is 2. The van der Waals surface area contributed by atoms with Crippen molar-refractivity contribution in [3.8, 4) is 11.3 Å². The molecule has 1 fully saturated rings. The number of amides is 2. The number of aliphatic hydroxyl groups is 1. The third-order valence-corrected chi connectivity index (χ3v) is 6.24. The molecular weight excluding hydrogens is 447 g/mol. The van der Waals surface area contributed by atoms with Crippen LogP contribution in [0.15, 0.2) is 42.5 Å². The molecule has 3 aromatic rings. The monoisotopic (exact) mass is 469 g/mol. The molecule has 176 valence electrons. The summed E-state index contributed by atoms with van der Waals surface area (Å²) in [5.41, 5.74) is 0.945. The van der Waals surface area contributed by atoms with Crippen LogP contribution in [-0.4, -0.2) is 40.8 Å². The molecule has 0 saturated carbocycles. The first-order valence-electron chi connectivity index (χ1n) is 11.0. The Morgan fingerprint density at radius 2 is 1.68 bits per heavy atom. The third kappa shape index (κ3) is 3.94. The van der Waals surface area contributed by atoms with Gasteiger partial charge in [0.15, 0.2) is 5.82 Å². The first kappa shape index (κ1) is 22.1. The van der Waals surface area contributed by atoms with Crippen molar-refractivity contribution in [3.63, 3.8) is 0 Å². The van der Waals surface area contributed by atoms with Gasteiger partial charge in [0.25, 0.3) is 0 Å². The summed E-state index contributed by atoms with van der Waals surface area (Å²) in [6.07, 6.45) is 1.46. The van der Waals surface area contributed by atoms with Gasteiger partial charge in [0.05, 0.1) is 12.2 Å². The van der Waals surface area contributed by atoms with Crippen LogP contribution in [0.2, 0.25) is 0 Å². The van der Waals surface area contributed by atoms with Crippen LogP contribution in [0.3, 0.4) is 0 Å². The van der Waals surface area contributed by atoms with Gasteiger partial charge in [-0.3, -0.25) is 0 Å². The number of carbonyl (C=O) groups is 1. The van der Waals surface area contributed by atoms with Crippen molar-refractivity contribution in [1.82, 2.24) is 15.3 Å². The van der Waals surface area contributed by atoms with E-state index in [1.54, 1.807) is 12.1 Å². The second-order valence-electron chi connectivity index (χ2n) is 8.36. The zero-order chi connectivity index (χ0) is 23.8. The fraction of sp³-hybridized carbons (Fsp3) is 0.292. The molecule has 3 heterocycles. The summed E-state index contributed by atoms with van der Waals surface area (Å²) in [6, 6.07) is 8.36. The van der Waals surface area contributed by atoms with Gasteiger partial charge in [0.2, 0.25) is 5.95 Å². The van der Waals surface area contributed by atoms with Crippen LogP contribution in [0.1, 0.15) is 18.4 Å². The lowest BCUT2D eigenvalue weighted by atomic mass is 9.98. The number of fused-ring (bicyclic) bond motifs is 1. The molecule has 2 amide bonds. The fourth-order valence-corrected chi connectivity index (χ4v) is 4.36. The maximum Gasteiger partial charge on any atom is 0.328 e. The van der Waals surface area contributed by atoms with Gasteiger partial charge in [0.1, 0.15) is 23.1 Å². The minimum Gasteiger partial charge on any atom is -0.396 e. The summed E-state index contributed by atoms with van der Waals surface area (Å²) in [7, 11) is 0. The maximum absolute atomic E-state index is 14.7. The maximum atomic E-state index is 14.7. The lowest BCUT2D eigenvalue weighted by molar-refractivity contribution is 0.202. The Kier molecular flexibility index (Phi) is 5.82. The number of aliphatic hydroxyl groups excluding tert-OH is 1. The van der Waals surface area contributed by atoms with Crippen molar-refractivity contribution < 1.29 is 23.1 Å².